The Hall–Kier alpha value is -1.55. The van der Waals surface area contributed by atoms with Crippen molar-refractivity contribution >= 4 is 17.4 Å². The van der Waals surface area contributed by atoms with Crippen molar-refractivity contribution in [2.45, 2.75) is 0 Å². The predicted molar refractivity (Wildman–Crippen MR) is 58.0 cm³/mol. The van der Waals surface area contributed by atoms with E-state index in [9.17, 15) is 4.39 Å². The zero-order chi connectivity index (χ0) is 11.0. The van der Waals surface area contributed by atoms with E-state index in [-0.39, 0.29) is 5.02 Å². The number of aryl methyl sites for hydroxylation is 1. The third kappa shape index (κ3) is 1.80. The topological polar surface area (TPSA) is 43.8 Å². The van der Waals surface area contributed by atoms with Gasteiger partial charge in [-0.3, -0.25) is 4.68 Å². The highest BCUT2D eigenvalue weighted by atomic mass is 35.5. The fourth-order valence-electron chi connectivity index (χ4n) is 1.42. The van der Waals surface area contributed by atoms with E-state index in [0.717, 1.165) is 11.3 Å². The average Bonchev–Trinajstić information content (AvgIpc) is 2.50. The molecule has 1 heterocycles. The number of anilines is 1. The van der Waals surface area contributed by atoms with Gasteiger partial charge in [0.15, 0.2) is 0 Å². The van der Waals surface area contributed by atoms with E-state index in [4.69, 9.17) is 17.3 Å². The van der Waals surface area contributed by atoms with Gasteiger partial charge in [0, 0.05) is 18.7 Å². The molecule has 0 atom stereocenters. The van der Waals surface area contributed by atoms with Crippen molar-refractivity contribution in [2.24, 2.45) is 7.05 Å². The van der Waals surface area contributed by atoms with Crippen molar-refractivity contribution < 1.29 is 4.39 Å². The Balaban J connectivity index is 2.54. The molecule has 1 aromatic carbocycles. The Labute approximate surface area is 91.3 Å². The SMILES string of the molecule is Cn1nc(N)cc1-c1ccc(F)c(Cl)c1. The summed E-state index contributed by atoms with van der Waals surface area (Å²) < 4.78 is 14.6. The van der Waals surface area contributed by atoms with Gasteiger partial charge in [-0.2, -0.15) is 5.10 Å². The molecule has 2 N–H and O–H groups in total. The minimum atomic E-state index is -0.435. The van der Waals surface area contributed by atoms with Crippen LogP contribution in [-0.2, 0) is 7.05 Å². The van der Waals surface area contributed by atoms with Gasteiger partial charge in [-0.15, -0.1) is 0 Å². The first-order valence-electron chi connectivity index (χ1n) is 4.33. The highest BCUT2D eigenvalue weighted by molar-refractivity contribution is 6.31. The van der Waals surface area contributed by atoms with Crippen molar-refractivity contribution in [3.05, 3.63) is 35.1 Å². The second-order valence-corrected chi connectivity index (χ2v) is 3.61. The first kappa shape index (κ1) is 9.98. The first-order valence-corrected chi connectivity index (χ1v) is 4.70. The third-order valence-corrected chi connectivity index (χ3v) is 2.40. The lowest BCUT2D eigenvalue weighted by Crippen LogP contribution is -1.94. The Morgan fingerprint density at radius 1 is 1.40 bits per heavy atom. The molecule has 0 aliphatic rings. The maximum Gasteiger partial charge on any atom is 0.146 e. The van der Waals surface area contributed by atoms with E-state index < -0.39 is 5.82 Å². The normalized spacial score (nSPS) is 10.6. The van der Waals surface area contributed by atoms with Crippen LogP contribution in [0.15, 0.2) is 24.3 Å². The van der Waals surface area contributed by atoms with Crippen LogP contribution in [0.5, 0.6) is 0 Å². The number of rotatable bonds is 1. The standard InChI is InChI=1S/C10H9ClFN3/c1-15-9(5-10(13)14-15)6-2-3-8(12)7(11)4-6/h2-5H,1H3,(H2,13,14). The number of hydrogen-bond donors (Lipinski definition) is 1. The van der Waals surface area contributed by atoms with E-state index in [0.29, 0.717) is 5.82 Å². The summed E-state index contributed by atoms with van der Waals surface area (Å²) in [5.41, 5.74) is 7.13. The van der Waals surface area contributed by atoms with Gasteiger partial charge in [-0.1, -0.05) is 11.6 Å². The Kier molecular flexibility index (Phi) is 2.36. The van der Waals surface area contributed by atoms with Crippen LogP contribution in [0.3, 0.4) is 0 Å². The molecule has 2 rings (SSSR count). The van der Waals surface area contributed by atoms with Gasteiger partial charge in [0.2, 0.25) is 0 Å². The molecule has 0 saturated heterocycles. The van der Waals surface area contributed by atoms with Crippen molar-refractivity contribution in [3.63, 3.8) is 0 Å². The molecule has 78 valence electrons. The van der Waals surface area contributed by atoms with Crippen molar-refractivity contribution in [1.82, 2.24) is 9.78 Å². The van der Waals surface area contributed by atoms with Gasteiger partial charge < -0.3 is 5.73 Å². The molecule has 5 heteroatoms. The second kappa shape index (κ2) is 3.55. The van der Waals surface area contributed by atoms with Gasteiger partial charge in [0.1, 0.15) is 11.6 Å². The van der Waals surface area contributed by atoms with Crippen LogP contribution < -0.4 is 5.73 Å². The molecule has 0 radical (unpaired) electrons. The van der Waals surface area contributed by atoms with Gasteiger partial charge >= 0.3 is 0 Å². The lowest BCUT2D eigenvalue weighted by atomic mass is 10.1. The largest absolute Gasteiger partial charge is 0.382 e. The minimum absolute atomic E-state index is 0.0901. The molecule has 0 amide bonds. The van der Waals surface area contributed by atoms with Crippen molar-refractivity contribution in [3.8, 4) is 11.3 Å². The van der Waals surface area contributed by atoms with Gasteiger partial charge in [0.25, 0.3) is 0 Å². The highest BCUT2D eigenvalue weighted by Gasteiger charge is 2.07. The number of benzene rings is 1. The zero-order valence-corrected chi connectivity index (χ0v) is 8.79. The highest BCUT2D eigenvalue weighted by Crippen LogP contribution is 2.25. The van der Waals surface area contributed by atoms with E-state index in [1.54, 1.807) is 29.9 Å². The fourth-order valence-corrected chi connectivity index (χ4v) is 1.60. The molecule has 0 aliphatic heterocycles. The average molecular weight is 226 g/mol. The summed E-state index contributed by atoms with van der Waals surface area (Å²) in [6, 6.07) is 6.22. The summed E-state index contributed by atoms with van der Waals surface area (Å²) in [7, 11) is 1.77. The van der Waals surface area contributed by atoms with Crippen LogP contribution in [0.1, 0.15) is 0 Å². The zero-order valence-electron chi connectivity index (χ0n) is 8.04. The molecule has 0 aliphatic carbocycles. The fraction of sp³-hybridized carbons (Fsp3) is 0.100. The molecular weight excluding hydrogens is 217 g/mol. The Morgan fingerprint density at radius 3 is 2.67 bits per heavy atom. The smallest absolute Gasteiger partial charge is 0.146 e. The summed E-state index contributed by atoms with van der Waals surface area (Å²) in [5.74, 6) is -0.0106. The van der Waals surface area contributed by atoms with Crippen LogP contribution in [-0.4, -0.2) is 9.78 Å². The van der Waals surface area contributed by atoms with E-state index in [2.05, 4.69) is 5.10 Å². The van der Waals surface area contributed by atoms with E-state index >= 15 is 0 Å². The van der Waals surface area contributed by atoms with Crippen LogP contribution in [0.4, 0.5) is 10.2 Å². The Morgan fingerprint density at radius 2 is 2.13 bits per heavy atom. The monoisotopic (exact) mass is 225 g/mol. The minimum Gasteiger partial charge on any atom is -0.382 e. The first-order chi connectivity index (χ1) is 7.08. The van der Waals surface area contributed by atoms with Crippen molar-refractivity contribution in [2.75, 3.05) is 5.73 Å². The molecule has 2 aromatic rings. The van der Waals surface area contributed by atoms with Crippen molar-refractivity contribution in [1.29, 1.82) is 0 Å². The van der Waals surface area contributed by atoms with Crippen LogP contribution in [0.2, 0.25) is 5.02 Å². The van der Waals surface area contributed by atoms with Gasteiger partial charge in [0.05, 0.1) is 10.7 Å². The quantitative estimate of drug-likeness (QED) is 0.810. The number of nitrogens with zero attached hydrogens (tertiary/aromatic N) is 2. The lowest BCUT2D eigenvalue weighted by Gasteiger charge is -2.02. The molecular formula is C10H9ClFN3. The second-order valence-electron chi connectivity index (χ2n) is 3.21. The number of aromatic nitrogens is 2. The van der Waals surface area contributed by atoms with Crippen LogP contribution >= 0.6 is 11.6 Å². The molecule has 0 bridgehead atoms. The molecule has 0 unspecified atom stereocenters. The van der Waals surface area contributed by atoms with Crippen LogP contribution in [0.25, 0.3) is 11.3 Å². The number of halogens is 2. The summed E-state index contributed by atoms with van der Waals surface area (Å²) in [5, 5.41) is 4.09. The number of nitrogens with two attached hydrogens (primary N) is 1. The van der Waals surface area contributed by atoms with Gasteiger partial charge in [-0.05, 0) is 18.2 Å². The van der Waals surface area contributed by atoms with Crippen LogP contribution in [0, 0.1) is 5.82 Å². The summed E-state index contributed by atoms with van der Waals surface area (Å²) in [6.07, 6.45) is 0. The van der Waals surface area contributed by atoms with E-state index in [1.807, 2.05) is 0 Å². The third-order valence-electron chi connectivity index (χ3n) is 2.11. The molecule has 15 heavy (non-hydrogen) atoms. The molecule has 0 saturated carbocycles. The lowest BCUT2D eigenvalue weighted by molar-refractivity contribution is 0.628. The maximum absolute atomic E-state index is 12.9. The molecule has 0 fully saturated rings. The maximum atomic E-state index is 12.9. The molecule has 3 nitrogen and oxygen atoms in total. The summed E-state index contributed by atoms with van der Waals surface area (Å²) in [6.45, 7) is 0. The summed E-state index contributed by atoms with van der Waals surface area (Å²) >= 11 is 5.69. The molecule has 1 aromatic heterocycles. The number of nitrogen functional groups attached to an aromatic ring is 1. The van der Waals surface area contributed by atoms with Gasteiger partial charge in [-0.25, -0.2) is 4.39 Å². The summed E-state index contributed by atoms with van der Waals surface area (Å²) in [4.78, 5) is 0. The Bertz CT molecular complexity index is 507. The molecule has 0 spiro atoms. The predicted octanol–water partition coefficient (Wildman–Crippen LogP) is 2.46. The number of hydrogen-bond acceptors (Lipinski definition) is 2. The van der Waals surface area contributed by atoms with E-state index in [1.165, 1.54) is 6.07 Å².